The van der Waals surface area contributed by atoms with E-state index in [1.165, 1.54) is 36.4 Å². The number of rotatable bonds is 6. The molecule has 2 aromatic carbocycles. The number of carbonyl (C=O) groups excluding carboxylic acids is 4. The number of methoxy groups -OCH3 is 1. The molecule has 0 spiro atoms. The zero-order valence-electron chi connectivity index (χ0n) is 17.0. The highest BCUT2D eigenvalue weighted by atomic mass is 16.5. The van der Waals surface area contributed by atoms with Crippen LogP contribution in [0.25, 0.3) is 0 Å². The van der Waals surface area contributed by atoms with E-state index in [0.29, 0.717) is 16.9 Å². The van der Waals surface area contributed by atoms with Gasteiger partial charge in [-0.05, 0) is 43.3 Å². The minimum Gasteiger partial charge on any atom is -0.468 e. The quantitative estimate of drug-likeness (QED) is 0.589. The molecule has 0 bridgehead atoms. The van der Waals surface area contributed by atoms with E-state index in [-0.39, 0.29) is 24.8 Å². The van der Waals surface area contributed by atoms with Crippen LogP contribution in [0.5, 0.6) is 0 Å². The Kier molecular flexibility index (Phi) is 6.61. The summed E-state index contributed by atoms with van der Waals surface area (Å²) in [5.74, 6) is -1.85. The molecule has 10 heteroatoms. The second-order valence-electron chi connectivity index (χ2n) is 6.63. The fourth-order valence-corrected chi connectivity index (χ4v) is 2.67. The number of aryl methyl sites for hydroxylation is 1. The summed E-state index contributed by atoms with van der Waals surface area (Å²) in [7, 11) is 1.23. The molecular weight excluding hydrogens is 402 g/mol. The number of hydrazine groups is 1. The molecule has 0 saturated carbocycles. The Morgan fingerprint density at radius 2 is 1.74 bits per heavy atom. The molecule has 1 aliphatic rings. The molecular formula is C21H21N5O5. The van der Waals surface area contributed by atoms with Gasteiger partial charge in [0, 0.05) is 11.3 Å². The number of carbonyl (C=O) groups is 4. The van der Waals surface area contributed by atoms with E-state index in [4.69, 9.17) is 0 Å². The van der Waals surface area contributed by atoms with E-state index in [1.54, 1.807) is 12.1 Å². The van der Waals surface area contributed by atoms with Gasteiger partial charge in [0.1, 0.15) is 13.1 Å². The minimum absolute atomic E-state index is 0.0138. The topological polar surface area (TPSA) is 129 Å². The average molecular weight is 423 g/mol. The van der Waals surface area contributed by atoms with E-state index in [2.05, 4.69) is 25.8 Å². The highest BCUT2D eigenvalue weighted by molar-refractivity contribution is 6.43. The normalized spacial score (nSPS) is 13.0. The molecule has 31 heavy (non-hydrogen) atoms. The van der Waals surface area contributed by atoms with Gasteiger partial charge < -0.3 is 15.4 Å². The predicted molar refractivity (Wildman–Crippen MR) is 114 cm³/mol. The van der Waals surface area contributed by atoms with Gasteiger partial charge in [-0.25, -0.2) is 5.01 Å². The van der Waals surface area contributed by atoms with Crippen LogP contribution in [-0.2, 0) is 19.1 Å². The standard InChI is InChI=1S/C21H21N5O5/c1-13-3-9-16(10-4-13)26-17(27)11-22-19(25-26)21(30)24-15-7-5-14(6-8-15)20(29)23-12-18(28)31-2/h3-10H,11-12H2,1-2H3,(H,22,25)(H,23,29)(H,24,30). The maximum absolute atomic E-state index is 12.6. The highest BCUT2D eigenvalue weighted by Crippen LogP contribution is 2.16. The third kappa shape index (κ3) is 5.44. The first-order valence-corrected chi connectivity index (χ1v) is 9.34. The van der Waals surface area contributed by atoms with Crippen LogP contribution in [0.15, 0.2) is 53.5 Å². The first kappa shape index (κ1) is 21.5. The first-order chi connectivity index (χ1) is 14.9. The van der Waals surface area contributed by atoms with E-state index >= 15 is 0 Å². The van der Waals surface area contributed by atoms with Gasteiger partial charge in [0.2, 0.25) is 5.84 Å². The number of esters is 1. The number of amides is 3. The zero-order chi connectivity index (χ0) is 22.4. The Labute approximate surface area is 178 Å². The van der Waals surface area contributed by atoms with Crippen LogP contribution in [0, 0.1) is 6.92 Å². The number of nitrogens with zero attached hydrogens (tertiary/aromatic N) is 2. The molecule has 10 nitrogen and oxygen atoms in total. The van der Waals surface area contributed by atoms with E-state index in [1.807, 2.05) is 19.1 Å². The van der Waals surface area contributed by atoms with Gasteiger partial charge in [-0.3, -0.25) is 29.6 Å². The van der Waals surface area contributed by atoms with Crippen molar-refractivity contribution in [1.82, 2.24) is 10.7 Å². The molecule has 2 aromatic rings. The van der Waals surface area contributed by atoms with Crippen LogP contribution in [-0.4, -0.2) is 49.7 Å². The second kappa shape index (κ2) is 9.53. The third-order valence-electron chi connectivity index (χ3n) is 4.37. The molecule has 1 heterocycles. The van der Waals surface area contributed by atoms with E-state index in [9.17, 15) is 19.2 Å². The molecule has 160 valence electrons. The lowest BCUT2D eigenvalue weighted by molar-refractivity contribution is -0.139. The maximum atomic E-state index is 12.6. The van der Waals surface area contributed by atoms with Crippen molar-refractivity contribution in [2.75, 3.05) is 30.5 Å². The van der Waals surface area contributed by atoms with Crippen LogP contribution in [0.2, 0.25) is 0 Å². The molecule has 3 rings (SSSR count). The van der Waals surface area contributed by atoms with Gasteiger partial charge in [-0.2, -0.15) is 0 Å². The number of amidine groups is 1. The first-order valence-electron chi connectivity index (χ1n) is 9.34. The maximum Gasteiger partial charge on any atom is 0.325 e. The number of aliphatic imine (C=N–C) groups is 1. The summed E-state index contributed by atoms with van der Waals surface area (Å²) in [6.07, 6.45) is 0. The summed E-state index contributed by atoms with van der Waals surface area (Å²) in [4.78, 5) is 51.8. The third-order valence-corrected chi connectivity index (χ3v) is 4.37. The fraction of sp³-hybridized carbons (Fsp3) is 0.190. The summed E-state index contributed by atoms with van der Waals surface area (Å²) in [6, 6.07) is 13.3. The lowest BCUT2D eigenvalue weighted by atomic mass is 10.2. The molecule has 0 atom stereocenters. The van der Waals surface area contributed by atoms with E-state index < -0.39 is 17.8 Å². The second-order valence-corrected chi connectivity index (χ2v) is 6.63. The molecule has 0 unspecified atom stereocenters. The predicted octanol–water partition coefficient (Wildman–Crippen LogP) is 0.786. The van der Waals surface area contributed by atoms with Gasteiger partial charge in [-0.1, -0.05) is 17.7 Å². The Morgan fingerprint density at radius 1 is 1.06 bits per heavy atom. The fourth-order valence-electron chi connectivity index (χ4n) is 2.67. The van der Waals surface area contributed by atoms with Gasteiger partial charge in [0.05, 0.1) is 12.8 Å². The molecule has 0 fully saturated rings. The monoisotopic (exact) mass is 423 g/mol. The van der Waals surface area contributed by atoms with Gasteiger partial charge >= 0.3 is 5.97 Å². The lowest BCUT2D eigenvalue weighted by Gasteiger charge is -2.27. The van der Waals surface area contributed by atoms with Crippen molar-refractivity contribution in [2.45, 2.75) is 6.92 Å². The van der Waals surface area contributed by atoms with Crippen molar-refractivity contribution >= 4 is 40.9 Å². The number of benzene rings is 2. The molecule has 0 saturated heterocycles. The van der Waals surface area contributed by atoms with Gasteiger partial charge in [0.15, 0.2) is 0 Å². The van der Waals surface area contributed by atoms with Crippen molar-refractivity contribution < 1.29 is 23.9 Å². The van der Waals surface area contributed by atoms with Crippen LogP contribution in [0.1, 0.15) is 15.9 Å². The summed E-state index contributed by atoms with van der Waals surface area (Å²) in [5, 5.41) is 6.35. The Balaban J connectivity index is 1.62. The molecule has 0 aromatic heterocycles. The van der Waals surface area contributed by atoms with Crippen molar-refractivity contribution in [2.24, 2.45) is 4.99 Å². The van der Waals surface area contributed by atoms with Crippen LogP contribution >= 0.6 is 0 Å². The molecule has 3 amide bonds. The molecule has 0 aliphatic carbocycles. The SMILES string of the molecule is COC(=O)CNC(=O)c1ccc(NC(=O)C2=NCC(=O)N(c3ccc(C)cc3)N2)cc1. The Bertz CT molecular complexity index is 1030. The van der Waals surface area contributed by atoms with E-state index in [0.717, 1.165) is 5.56 Å². The number of ether oxygens (including phenoxy) is 1. The number of anilines is 2. The van der Waals surface area contributed by atoms with Crippen molar-refractivity contribution in [3.05, 3.63) is 59.7 Å². The minimum atomic E-state index is -0.559. The van der Waals surface area contributed by atoms with Crippen LogP contribution in [0.3, 0.4) is 0 Å². The molecule has 1 aliphatic heterocycles. The smallest absolute Gasteiger partial charge is 0.325 e. The Hall–Kier alpha value is -4.21. The summed E-state index contributed by atoms with van der Waals surface area (Å²) >= 11 is 0. The summed E-state index contributed by atoms with van der Waals surface area (Å²) < 4.78 is 4.46. The number of hydrogen-bond donors (Lipinski definition) is 3. The summed E-state index contributed by atoms with van der Waals surface area (Å²) in [6.45, 7) is 1.53. The van der Waals surface area contributed by atoms with Crippen molar-refractivity contribution in [1.29, 1.82) is 0 Å². The summed E-state index contributed by atoms with van der Waals surface area (Å²) in [5.41, 5.74) is 5.11. The van der Waals surface area contributed by atoms with Gasteiger partial charge in [-0.15, -0.1) is 0 Å². The van der Waals surface area contributed by atoms with Gasteiger partial charge in [0.25, 0.3) is 17.7 Å². The molecule has 3 N–H and O–H groups in total. The highest BCUT2D eigenvalue weighted by Gasteiger charge is 2.25. The van der Waals surface area contributed by atoms with Crippen LogP contribution < -0.4 is 21.1 Å². The van der Waals surface area contributed by atoms with Crippen LogP contribution in [0.4, 0.5) is 11.4 Å². The Morgan fingerprint density at radius 3 is 2.39 bits per heavy atom. The number of hydrogen-bond acceptors (Lipinski definition) is 7. The van der Waals surface area contributed by atoms with Crippen molar-refractivity contribution in [3.63, 3.8) is 0 Å². The number of nitrogens with one attached hydrogen (secondary N) is 3. The molecule has 0 radical (unpaired) electrons. The lowest BCUT2D eigenvalue weighted by Crippen LogP contribution is -2.54. The zero-order valence-corrected chi connectivity index (χ0v) is 17.0. The van der Waals surface area contributed by atoms with Crippen molar-refractivity contribution in [3.8, 4) is 0 Å². The largest absolute Gasteiger partial charge is 0.468 e. The average Bonchev–Trinajstić information content (AvgIpc) is 2.78.